The van der Waals surface area contributed by atoms with Crippen molar-refractivity contribution in [1.82, 2.24) is 4.90 Å². The van der Waals surface area contributed by atoms with Gasteiger partial charge in [0, 0.05) is 17.4 Å². The lowest BCUT2D eigenvalue weighted by Crippen LogP contribution is -2.65. The van der Waals surface area contributed by atoms with Crippen molar-refractivity contribution in [3.8, 4) is 0 Å². The predicted molar refractivity (Wildman–Crippen MR) is 102 cm³/mol. The van der Waals surface area contributed by atoms with Gasteiger partial charge in [-0.3, -0.25) is 4.79 Å². The number of carbonyl (C=O) groups excluding carboxylic acids is 3. The highest BCUT2D eigenvalue weighted by Gasteiger charge is 2.72. The van der Waals surface area contributed by atoms with E-state index in [1.165, 1.54) is 0 Å². The van der Waals surface area contributed by atoms with Crippen molar-refractivity contribution >= 4 is 17.8 Å². The first kappa shape index (κ1) is 21.3. The van der Waals surface area contributed by atoms with E-state index in [4.69, 9.17) is 14.2 Å². The molecule has 0 radical (unpaired) electrons. The molecule has 8 nitrogen and oxygen atoms in total. The fourth-order valence-corrected chi connectivity index (χ4v) is 4.69. The van der Waals surface area contributed by atoms with Crippen LogP contribution in [0.2, 0.25) is 0 Å². The molecule has 2 aliphatic heterocycles. The number of esters is 2. The summed E-state index contributed by atoms with van der Waals surface area (Å²) >= 11 is 0. The van der Waals surface area contributed by atoms with Crippen LogP contribution in [0.15, 0.2) is 30.3 Å². The lowest BCUT2D eigenvalue weighted by molar-refractivity contribution is -0.179. The zero-order valence-electron chi connectivity index (χ0n) is 16.9. The lowest BCUT2D eigenvalue weighted by Gasteiger charge is -2.40. The minimum atomic E-state index is -1.98. The minimum Gasteiger partial charge on any atom is -0.464 e. The molecular weight excluding hydrogens is 378 g/mol. The molecule has 29 heavy (non-hydrogen) atoms. The molecule has 1 unspecified atom stereocenters. The maximum atomic E-state index is 13.6. The van der Waals surface area contributed by atoms with Crippen molar-refractivity contribution in [3.05, 3.63) is 35.9 Å². The molecule has 0 saturated carbocycles. The molecule has 2 fully saturated rings. The highest BCUT2D eigenvalue weighted by molar-refractivity contribution is 6.11. The van der Waals surface area contributed by atoms with Crippen LogP contribution in [0.3, 0.4) is 0 Å². The van der Waals surface area contributed by atoms with E-state index in [1.54, 1.807) is 44.2 Å². The Labute approximate surface area is 169 Å². The molecule has 8 heteroatoms. The number of nitrogens with zero attached hydrogens (tertiary/aromatic N) is 1. The van der Waals surface area contributed by atoms with Gasteiger partial charge in [-0.2, -0.15) is 0 Å². The van der Waals surface area contributed by atoms with Crippen molar-refractivity contribution in [3.63, 3.8) is 0 Å². The van der Waals surface area contributed by atoms with Crippen LogP contribution in [0, 0.1) is 11.8 Å². The molecule has 2 aliphatic rings. The van der Waals surface area contributed by atoms with Gasteiger partial charge in [-0.25, -0.2) is 9.59 Å². The first-order valence-corrected chi connectivity index (χ1v) is 9.97. The number of hydrogen-bond donors (Lipinski definition) is 1. The van der Waals surface area contributed by atoms with Gasteiger partial charge in [0.05, 0.1) is 25.9 Å². The second-order valence-corrected chi connectivity index (χ2v) is 7.14. The van der Waals surface area contributed by atoms with E-state index >= 15 is 0 Å². The number of fused-ring (bicyclic) bond motifs is 1. The Bertz CT molecular complexity index is 748. The number of ether oxygens (including phenoxy) is 3. The van der Waals surface area contributed by atoms with Crippen LogP contribution in [0.4, 0.5) is 0 Å². The molecule has 1 aromatic carbocycles. The Morgan fingerprint density at radius 1 is 1.10 bits per heavy atom. The van der Waals surface area contributed by atoms with Gasteiger partial charge < -0.3 is 24.2 Å². The topological polar surface area (TPSA) is 102 Å². The average Bonchev–Trinajstić information content (AvgIpc) is 3.23. The Morgan fingerprint density at radius 3 is 2.21 bits per heavy atom. The number of aliphatic hydroxyl groups is 1. The van der Waals surface area contributed by atoms with Crippen molar-refractivity contribution in [2.24, 2.45) is 11.8 Å². The number of aliphatic hydroxyl groups excluding tert-OH is 1. The summed E-state index contributed by atoms with van der Waals surface area (Å²) in [5.74, 6) is -3.25. The van der Waals surface area contributed by atoms with E-state index in [0.717, 1.165) is 4.90 Å². The third-order valence-corrected chi connectivity index (χ3v) is 5.77. The maximum Gasteiger partial charge on any atom is 0.344 e. The summed E-state index contributed by atoms with van der Waals surface area (Å²) in [6, 6.07) is 7.48. The zero-order chi connectivity index (χ0) is 21.2. The second-order valence-electron chi connectivity index (χ2n) is 7.14. The summed E-state index contributed by atoms with van der Waals surface area (Å²) in [6.07, 6.45) is -0.916. The number of benzene rings is 1. The van der Waals surface area contributed by atoms with Crippen LogP contribution in [-0.4, -0.2) is 65.5 Å². The summed E-state index contributed by atoms with van der Waals surface area (Å²) in [5, 5.41) is 10.5. The van der Waals surface area contributed by atoms with Gasteiger partial charge in [-0.15, -0.1) is 0 Å². The highest BCUT2D eigenvalue weighted by Crippen LogP contribution is 2.51. The van der Waals surface area contributed by atoms with Crippen molar-refractivity contribution in [1.29, 1.82) is 0 Å². The Kier molecular flexibility index (Phi) is 6.24. The normalized spacial score (nSPS) is 27.4. The first-order chi connectivity index (χ1) is 13.9. The van der Waals surface area contributed by atoms with Crippen LogP contribution in [0.25, 0.3) is 0 Å². The number of hydrogen-bond acceptors (Lipinski definition) is 7. The minimum absolute atomic E-state index is 0.0399. The SMILES string of the molecule is CCOC(=O)C1(C(=O)OCC)[C@H](CC)[C@H]2COC(O)[C@H]2N1C(=O)c1ccccc1. The van der Waals surface area contributed by atoms with Crippen molar-refractivity contribution in [2.45, 2.75) is 45.1 Å². The van der Waals surface area contributed by atoms with Gasteiger partial charge >= 0.3 is 11.9 Å². The highest BCUT2D eigenvalue weighted by atomic mass is 16.6. The van der Waals surface area contributed by atoms with Crippen molar-refractivity contribution in [2.75, 3.05) is 19.8 Å². The predicted octanol–water partition coefficient (Wildman–Crippen LogP) is 1.37. The average molecular weight is 405 g/mol. The van der Waals surface area contributed by atoms with Gasteiger partial charge in [0.15, 0.2) is 6.29 Å². The third kappa shape index (κ3) is 3.20. The summed E-state index contributed by atoms with van der Waals surface area (Å²) < 4.78 is 16.0. The summed E-state index contributed by atoms with van der Waals surface area (Å²) in [6.45, 7) is 5.31. The molecule has 4 atom stereocenters. The second kappa shape index (κ2) is 8.51. The Morgan fingerprint density at radius 2 is 1.69 bits per heavy atom. The summed E-state index contributed by atoms with van der Waals surface area (Å²) in [4.78, 5) is 41.3. The van der Waals surface area contributed by atoms with Gasteiger partial charge in [0.25, 0.3) is 5.91 Å². The molecule has 2 heterocycles. The molecule has 1 aromatic rings. The maximum absolute atomic E-state index is 13.6. The molecular formula is C21H27NO7. The van der Waals surface area contributed by atoms with Crippen LogP contribution in [0.1, 0.15) is 37.6 Å². The van der Waals surface area contributed by atoms with Gasteiger partial charge in [0.2, 0.25) is 5.54 Å². The molecule has 0 aliphatic carbocycles. The Hall–Kier alpha value is -2.45. The molecule has 1 amide bonds. The van der Waals surface area contributed by atoms with E-state index in [2.05, 4.69) is 0 Å². The molecule has 0 bridgehead atoms. The fraction of sp³-hybridized carbons (Fsp3) is 0.571. The van der Waals surface area contributed by atoms with Gasteiger partial charge in [-0.05, 0) is 32.4 Å². The summed E-state index contributed by atoms with van der Waals surface area (Å²) in [5.41, 5.74) is -1.69. The monoisotopic (exact) mass is 405 g/mol. The van der Waals surface area contributed by atoms with E-state index in [-0.39, 0.29) is 19.8 Å². The molecule has 2 saturated heterocycles. The molecule has 0 aromatic heterocycles. The van der Waals surface area contributed by atoms with Crippen LogP contribution >= 0.6 is 0 Å². The number of amides is 1. The fourth-order valence-electron chi connectivity index (χ4n) is 4.69. The standard InChI is InChI=1S/C21H27NO7/c1-4-15-14-12-29-18(24)16(14)22(17(23)13-10-8-7-9-11-13)21(15,19(25)27-5-2)20(26)28-6-3/h7-11,14-16,18,24H,4-6,12H2,1-3H3/t14-,15-,16+,18?/m1/s1. The van der Waals surface area contributed by atoms with Gasteiger partial charge in [-0.1, -0.05) is 25.1 Å². The lowest BCUT2D eigenvalue weighted by atomic mass is 9.77. The molecule has 3 rings (SSSR count). The third-order valence-electron chi connectivity index (χ3n) is 5.77. The molecule has 158 valence electrons. The Balaban J connectivity index is 2.23. The largest absolute Gasteiger partial charge is 0.464 e. The van der Waals surface area contributed by atoms with E-state index in [9.17, 15) is 19.5 Å². The number of likely N-dealkylation sites (tertiary alicyclic amines) is 1. The number of rotatable bonds is 6. The van der Waals surface area contributed by atoms with Crippen LogP contribution in [-0.2, 0) is 23.8 Å². The first-order valence-electron chi connectivity index (χ1n) is 9.97. The van der Waals surface area contributed by atoms with E-state index in [0.29, 0.717) is 12.0 Å². The molecule has 0 spiro atoms. The van der Waals surface area contributed by atoms with Crippen molar-refractivity contribution < 1.29 is 33.7 Å². The zero-order valence-corrected chi connectivity index (χ0v) is 16.9. The smallest absolute Gasteiger partial charge is 0.344 e. The van der Waals surface area contributed by atoms with Crippen LogP contribution < -0.4 is 0 Å². The van der Waals surface area contributed by atoms with Gasteiger partial charge in [0.1, 0.15) is 0 Å². The number of carbonyl (C=O) groups is 3. The molecule has 1 N–H and O–H groups in total. The van der Waals surface area contributed by atoms with E-state index in [1.807, 2.05) is 6.92 Å². The summed E-state index contributed by atoms with van der Waals surface area (Å²) in [7, 11) is 0. The quantitative estimate of drug-likeness (QED) is 0.563. The van der Waals surface area contributed by atoms with Crippen LogP contribution in [0.5, 0.6) is 0 Å². The van der Waals surface area contributed by atoms with E-state index < -0.39 is 47.6 Å².